The van der Waals surface area contributed by atoms with E-state index in [1.54, 1.807) is 0 Å². The highest BCUT2D eigenvalue weighted by molar-refractivity contribution is 5.83. The highest BCUT2D eigenvalue weighted by atomic mass is 16.5. The minimum Gasteiger partial charge on any atom is -0.491 e. The van der Waals surface area contributed by atoms with Crippen LogP contribution in [0, 0.1) is 0 Å². The third-order valence-electron chi connectivity index (χ3n) is 4.46. The first-order chi connectivity index (χ1) is 11.7. The van der Waals surface area contributed by atoms with Gasteiger partial charge in [0.25, 0.3) is 0 Å². The molecule has 2 rings (SSSR count). The van der Waals surface area contributed by atoms with Crippen LogP contribution in [0.2, 0.25) is 0 Å². The van der Waals surface area contributed by atoms with Crippen molar-refractivity contribution in [2.75, 3.05) is 26.2 Å². The lowest BCUT2D eigenvalue weighted by atomic mass is 10.1. The monoisotopic (exact) mass is 330 g/mol. The van der Waals surface area contributed by atoms with Crippen molar-refractivity contribution in [3.63, 3.8) is 0 Å². The van der Waals surface area contributed by atoms with Crippen LogP contribution in [0.1, 0.15) is 39.5 Å². The molecule has 0 aliphatic heterocycles. The van der Waals surface area contributed by atoms with E-state index >= 15 is 0 Å². The van der Waals surface area contributed by atoms with E-state index < -0.39 is 6.10 Å². The summed E-state index contributed by atoms with van der Waals surface area (Å²) in [5.74, 6) is 0.830. The number of quaternary nitrogens is 1. The van der Waals surface area contributed by atoms with E-state index in [-0.39, 0.29) is 0 Å². The Hall–Kier alpha value is -1.58. The van der Waals surface area contributed by atoms with Gasteiger partial charge in [0.05, 0.1) is 13.1 Å². The lowest BCUT2D eigenvalue weighted by molar-refractivity contribution is -0.903. The van der Waals surface area contributed by atoms with Crippen LogP contribution < -0.4 is 9.64 Å². The standard InChI is InChI=1S/C21H31NO2/c1-3-5-13-22(14-6-4-2)16-20(23)17-24-21-12-11-18-9-7-8-10-19(18)15-21/h7-12,15,20,23H,3-6,13-14,16-17H2,1-2H3/p+1/t20-/m1/s1. The van der Waals surface area contributed by atoms with Gasteiger partial charge in [-0.15, -0.1) is 0 Å². The first kappa shape index (κ1) is 18.8. The number of fused-ring (bicyclic) bond motifs is 1. The van der Waals surface area contributed by atoms with Crippen molar-refractivity contribution >= 4 is 10.8 Å². The zero-order valence-electron chi connectivity index (χ0n) is 15.1. The van der Waals surface area contributed by atoms with E-state index in [9.17, 15) is 5.11 Å². The van der Waals surface area contributed by atoms with Gasteiger partial charge in [-0.1, -0.05) is 57.0 Å². The molecule has 2 N–H and O–H groups in total. The third-order valence-corrected chi connectivity index (χ3v) is 4.46. The van der Waals surface area contributed by atoms with Gasteiger partial charge >= 0.3 is 0 Å². The van der Waals surface area contributed by atoms with Crippen LogP contribution in [0.3, 0.4) is 0 Å². The Kier molecular flexibility index (Phi) is 8.06. The normalized spacial score (nSPS) is 12.7. The number of rotatable bonds is 11. The number of aliphatic hydroxyl groups is 1. The molecule has 2 aromatic rings. The Labute approximate surface area is 146 Å². The molecule has 0 saturated heterocycles. The smallest absolute Gasteiger partial charge is 0.137 e. The summed E-state index contributed by atoms with van der Waals surface area (Å²) in [6.07, 6.45) is 4.44. The van der Waals surface area contributed by atoms with Crippen LogP contribution in [-0.2, 0) is 0 Å². The predicted molar refractivity (Wildman–Crippen MR) is 101 cm³/mol. The van der Waals surface area contributed by atoms with Crippen LogP contribution in [0.25, 0.3) is 10.8 Å². The van der Waals surface area contributed by atoms with Crippen LogP contribution in [0.15, 0.2) is 42.5 Å². The van der Waals surface area contributed by atoms with Gasteiger partial charge in [-0.3, -0.25) is 0 Å². The predicted octanol–water partition coefficient (Wildman–Crippen LogP) is 3.06. The van der Waals surface area contributed by atoms with Gasteiger partial charge in [-0.2, -0.15) is 0 Å². The van der Waals surface area contributed by atoms with Crippen molar-refractivity contribution in [2.24, 2.45) is 0 Å². The van der Waals surface area contributed by atoms with Gasteiger partial charge in [0.15, 0.2) is 0 Å². The number of benzene rings is 2. The lowest BCUT2D eigenvalue weighted by Gasteiger charge is -2.22. The zero-order chi connectivity index (χ0) is 17.2. The van der Waals surface area contributed by atoms with Crippen molar-refractivity contribution in [1.29, 1.82) is 0 Å². The van der Waals surface area contributed by atoms with E-state index in [1.165, 1.54) is 41.4 Å². The van der Waals surface area contributed by atoms with Crippen molar-refractivity contribution in [2.45, 2.75) is 45.6 Å². The SMILES string of the molecule is CCCC[NH+](CCCC)C[C@@H](O)COc1ccc2ccccc2c1. The molecule has 24 heavy (non-hydrogen) atoms. The molecule has 1 atom stereocenters. The second kappa shape index (κ2) is 10.3. The van der Waals surface area contributed by atoms with Crippen molar-refractivity contribution in [1.82, 2.24) is 0 Å². The summed E-state index contributed by atoms with van der Waals surface area (Å²) >= 11 is 0. The Morgan fingerprint density at radius 2 is 1.62 bits per heavy atom. The van der Waals surface area contributed by atoms with E-state index in [0.717, 1.165) is 25.4 Å². The molecular formula is C21H32NO2+. The number of ether oxygens (including phenoxy) is 1. The maximum absolute atomic E-state index is 10.3. The minimum atomic E-state index is -0.416. The molecule has 2 aromatic carbocycles. The van der Waals surface area contributed by atoms with Crippen molar-refractivity contribution < 1.29 is 14.7 Å². The number of unbranched alkanes of at least 4 members (excludes halogenated alkanes) is 2. The van der Waals surface area contributed by atoms with E-state index in [2.05, 4.69) is 32.0 Å². The molecule has 0 bridgehead atoms. The Balaban J connectivity index is 1.84. The molecule has 0 aliphatic carbocycles. The summed E-state index contributed by atoms with van der Waals surface area (Å²) in [6.45, 7) is 7.86. The first-order valence-corrected chi connectivity index (χ1v) is 9.36. The summed E-state index contributed by atoms with van der Waals surface area (Å²) in [4.78, 5) is 1.49. The van der Waals surface area contributed by atoms with Gasteiger partial charge in [-0.25, -0.2) is 0 Å². The van der Waals surface area contributed by atoms with Crippen LogP contribution >= 0.6 is 0 Å². The molecule has 0 heterocycles. The minimum absolute atomic E-state index is 0.361. The average Bonchev–Trinajstić information content (AvgIpc) is 2.62. The Morgan fingerprint density at radius 3 is 2.29 bits per heavy atom. The molecule has 0 saturated carbocycles. The first-order valence-electron chi connectivity index (χ1n) is 9.36. The molecule has 132 valence electrons. The van der Waals surface area contributed by atoms with Gasteiger partial charge < -0.3 is 14.7 Å². The fraction of sp³-hybridized carbons (Fsp3) is 0.524. The van der Waals surface area contributed by atoms with Crippen molar-refractivity contribution in [3.05, 3.63) is 42.5 Å². The van der Waals surface area contributed by atoms with Gasteiger partial charge in [0.2, 0.25) is 0 Å². The molecule has 0 aromatic heterocycles. The van der Waals surface area contributed by atoms with Crippen LogP contribution in [0.4, 0.5) is 0 Å². The summed E-state index contributed by atoms with van der Waals surface area (Å²) in [6, 6.07) is 14.3. The molecule has 0 unspecified atom stereocenters. The quantitative estimate of drug-likeness (QED) is 0.664. The van der Waals surface area contributed by atoms with E-state index in [1.807, 2.05) is 24.3 Å². The molecule has 0 spiro atoms. The number of hydrogen-bond acceptors (Lipinski definition) is 2. The van der Waals surface area contributed by atoms with Gasteiger partial charge in [0.1, 0.15) is 25.0 Å². The second-order valence-corrected chi connectivity index (χ2v) is 6.64. The number of aliphatic hydroxyl groups excluding tert-OH is 1. The largest absolute Gasteiger partial charge is 0.491 e. The van der Waals surface area contributed by atoms with E-state index in [0.29, 0.717) is 6.61 Å². The number of nitrogens with one attached hydrogen (secondary N) is 1. The molecule has 0 fully saturated rings. The molecule has 0 aliphatic rings. The topological polar surface area (TPSA) is 33.9 Å². The van der Waals surface area contributed by atoms with E-state index in [4.69, 9.17) is 4.74 Å². The summed E-state index contributed by atoms with van der Waals surface area (Å²) in [5, 5.41) is 12.7. The maximum Gasteiger partial charge on any atom is 0.137 e. The lowest BCUT2D eigenvalue weighted by Crippen LogP contribution is -3.13. The van der Waals surface area contributed by atoms with Gasteiger partial charge in [0, 0.05) is 0 Å². The number of hydrogen-bond donors (Lipinski definition) is 2. The van der Waals surface area contributed by atoms with Crippen LogP contribution in [0.5, 0.6) is 5.75 Å². The summed E-state index contributed by atoms with van der Waals surface area (Å²) in [7, 11) is 0. The second-order valence-electron chi connectivity index (χ2n) is 6.64. The molecule has 3 heteroatoms. The summed E-state index contributed by atoms with van der Waals surface area (Å²) in [5.41, 5.74) is 0. The maximum atomic E-state index is 10.3. The fourth-order valence-electron chi connectivity index (χ4n) is 3.02. The summed E-state index contributed by atoms with van der Waals surface area (Å²) < 4.78 is 5.82. The third kappa shape index (κ3) is 6.14. The molecule has 3 nitrogen and oxygen atoms in total. The molecule has 0 amide bonds. The van der Waals surface area contributed by atoms with Crippen molar-refractivity contribution in [3.8, 4) is 5.75 Å². The molecular weight excluding hydrogens is 298 g/mol. The Bertz CT molecular complexity index is 591. The molecule has 0 radical (unpaired) electrons. The fourth-order valence-corrected chi connectivity index (χ4v) is 3.02. The van der Waals surface area contributed by atoms with Crippen LogP contribution in [-0.4, -0.2) is 37.5 Å². The highest BCUT2D eigenvalue weighted by Crippen LogP contribution is 2.20. The zero-order valence-corrected chi connectivity index (χ0v) is 15.1. The Morgan fingerprint density at radius 1 is 0.958 bits per heavy atom. The van der Waals surface area contributed by atoms with Gasteiger partial charge in [-0.05, 0) is 35.7 Å². The average molecular weight is 330 g/mol. The highest BCUT2D eigenvalue weighted by Gasteiger charge is 2.15.